The Balaban J connectivity index is 1.66. The van der Waals surface area contributed by atoms with E-state index in [1.54, 1.807) is 0 Å². The van der Waals surface area contributed by atoms with Crippen molar-refractivity contribution in [2.24, 2.45) is 5.41 Å². The van der Waals surface area contributed by atoms with Crippen molar-refractivity contribution in [1.29, 1.82) is 0 Å². The number of nitrogens with one attached hydrogen (secondary N) is 2. The molecule has 2 aliphatic carbocycles. The summed E-state index contributed by atoms with van der Waals surface area (Å²) in [5.74, 6) is -0.107. The van der Waals surface area contributed by atoms with E-state index >= 15 is 0 Å². The molecule has 0 atom stereocenters. The van der Waals surface area contributed by atoms with Crippen LogP contribution >= 0.6 is 0 Å². The number of aromatic amines is 1. The number of aromatic nitrogens is 2. The number of amides is 1. The summed E-state index contributed by atoms with van der Waals surface area (Å²) in [7, 11) is 0. The number of aliphatic hydroxyl groups excluding tert-OH is 1. The predicted octanol–water partition coefficient (Wildman–Crippen LogP) is 0.401. The van der Waals surface area contributed by atoms with Gasteiger partial charge in [0.2, 0.25) is 0 Å². The number of rotatable bonds is 4. The SMILES string of the molecule is O=C(NCC1(CO)CC1)c1n[nH]c2c1CCC2. The molecule has 5 nitrogen and oxygen atoms in total. The van der Waals surface area contributed by atoms with Gasteiger partial charge in [0.25, 0.3) is 5.91 Å². The summed E-state index contributed by atoms with van der Waals surface area (Å²) in [6, 6.07) is 0. The quantitative estimate of drug-likeness (QED) is 0.707. The van der Waals surface area contributed by atoms with E-state index in [9.17, 15) is 9.90 Å². The van der Waals surface area contributed by atoms with Gasteiger partial charge in [-0.25, -0.2) is 0 Å². The van der Waals surface area contributed by atoms with Crippen LogP contribution in [-0.2, 0) is 12.8 Å². The molecule has 0 aliphatic heterocycles. The highest BCUT2D eigenvalue weighted by Gasteiger charge is 2.42. The van der Waals surface area contributed by atoms with Crippen molar-refractivity contribution >= 4 is 5.91 Å². The number of carbonyl (C=O) groups excluding carboxylic acids is 1. The number of aryl methyl sites for hydroxylation is 1. The molecular formula is C12H17N3O2. The molecule has 17 heavy (non-hydrogen) atoms. The minimum atomic E-state index is -0.107. The molecule has 3 rings (SSSR count). The third-order valence-electron chi connectivity index (χ3n) is 3.94. The van der Waals surface area contributed by atoms with Gasteiger partial charge < -0.3 is 10.4 Å². The number of hydrogen-bond acceptors (Lipinski definition) is 3. The van der Waals surface area contributed by atoms with Gasteiger partial charge in [-0.1, -0.05) is 0 Å². The zero-order chi connectivity index (χ0) is 11.9. The van der Waals surface area contributed by atoms with E-state index in [1.165, 1.54) is 0 Å². The number of H-pyrrole nitrogens is 1. The maximum absolute atomic E-state index is 12.0. The third-order valence-corrected chi connectivity index (χ3v) is 3.94. The normalized spacial score (nSPS) is 20.1. The largest absolute Gasteiger partial charge is 0.396 e. The van der Waals surface area contributed by atoms with Gasteiger partial charge in [-0.3, -0.25) is 9.89 Å². The van der Waals surface area contributed by atoms with Gasteiger partial charge in [-0.15, -0.1) is 0 Å². The molecule has 5 heteroatoms. The van der Waals surface area contributed by atoms with Crippen molar-refractivity contribution in [3.05, 3.63) is 17.0 Å². The molecule has 2 aliphatic rings. The van der Waals surface area contributed by atoms with Crippen LogP contribution in [0.15, 0.2) is 0 Å². The summed E-state index contributed by atoms with van der Waals surface area (Å²) in [6.45, 7) is 0.718. The first-order valence-corrected chi connectivity index (χ1v) is 6.19. The highest BCUT2D eigenvalue weighted by molar-refractivity contribution is 5.94. The Bertz CT molecular complexity index is 449. The van der Waals surface area contributed by atoms with Gasteiger partial charge >= 0.3 is 0 Å². The van der Waals surface area contributed by atoms with Crippen LogP contribution in [0.25, 0.3) is 0 Å². The highest BCUT2D eigenvalue weighted by atomic mass is 16.3. The number of carbonyl (C=O) groups is 1. The van der Waals surface area contributed by atoms with E-state index in [0.717, 1.165) is 43.4 Å². The maximum Gasteiger partial charge on any atom is 0.272 e. The van der Waals surface area contributed by atoms with Gasteiger partial charge in [0, 0.05) is 23.2 Å². The number of nitrogens with zero attached hydrogens (tertiary/aromatic N) is 1. The molecule has 1 amide bonds. The zero-order valence-corrected chi connectivity index (χ0v) is 9.75. The van der Waals surface area contributed by atoms with Gasteiger partial charge in [0.15, 0.2) is 5.69 Å². The molecule has 92 valence electrons. The summed E-state index contributed by atoms with van der Waals surface area (Å²) in [4.78, 5) is 12.0. The lowest BCUT2D eigenvalue weighted by Crippen LogP contribution is -2.32. The van der Waals surface area contributed by atoms with Gasteiger partial charge in [0.1, 0.15) is 0 Å². The molecule has 1 aromatic heterocycles. The lowest BCUT2D eigenvalue weighted by molar-refractivity contribution is 0.0929. The van der Waals surface area contributed by atoms with Crippen LogP contribution in [0, 0.1) is 5.41 Å². The molecule has 0 bridgehead atoms. The molecular weight excluding hydrogens is 218 g/mol. The number of hydrogen-bond donors (Lipinski definition) is 3. The maximum atomic E-state index is 12.0. The number of fused-ring (bicyclic) bond motifs is 1. The van der Waals surface area contributed by atoms with Crippen LogP contribution in [0.3, 0.4) is 0 Å². The molecule has 0 spiro atoms. The monoisotopic (exact) mass is 235 g/mol. The second kappa shape index (κ2) is 3.84. The Hall–Kier alpha value is -1.36. The molecule has 0 unspecified atom stereocenters. The Kier molecular flexibility index (Phi) is 2.43. The lowest BCUT2D eigenvalue weighted by Gasteiger charge is -2.12. The van der Waals surface area contributed by atoms with E-state index in [4.69, 9.17) is 0 Å². The average Bonchev–Trinajstić information content (AvgIpc) is 2.78. The second-order valence-electron chi connectivity index (χ2n) is 5.22. The summed E-state index contributed by atoms with van der Waals surface area (Å²) in [6.07, 6.45) is 5.05. The van der Waals surface area contributed by atoms with Crippen LogP contribution in [0.1, 0.15) is 41.0 Å². The smallest absolute Gasteiger partial charge is 0.272 e. The fourth-order valence-electron chi connectivity index (χ4n) is 2.43. The minimum Gasteiger partial charge on any atom is -0.396 e. The van der Waals surface area contributed by atoms with Crippen LogP contribution in [0.4, 0.5) is 0 Å². The van der Waals surface area contributed by atoms with Crippen molar-refractivity contribution in [2.75, 3.05) is 13.2 Å². The Morgan fingerprint density at radius 3 is 3.00 bits per heavy atom. The Morgan fingerprint density at radius 1 is 1.47 bits per heavy atom. The first kappa shape index (κ1) is 10.8. The van der Waals surface area contributed by atoms with E-state index in [0.29, 0.717) is 12.2 Å². The van der Waals surface area contributed by atoms with Crippen molar-refractivity contribution in [3.63, 3.8) is 0 Å². The molecule has 0 saturated heterocycles. The van der Waals surface area contributed by atoms with E-state index in [-0.39, 0.29) is 17.9 Å². The van der Waals surface area contributed by atoms with Crippen LogP contribution in [0.5, 0.6) is 0 Å². The first-order chi connectivity index (χ1) is 8.24. The highest BCUT2D eigenvalue weighted by Crippen LogP contribution is 2.44. The van der Waals surface area contributed by atoms with Gasteiger partial charge in [0.05, 0.1) is 6.61 Å². The first-order valence-electron chi connectivity index (χ1n) is 6.19. The minimum absolute atomic E-state index is 0.0465. The molecule has 0 radical (unpaired) electrons. The predicted molar refractivity (Wildman–Crippen MR) is 61.7 cm³/mol. The standard InChI is InChI=1S/C12H17N3O2/c16-7-12(4-5-12)6-13-11(17)10-8-2-1-3-9(8)14-15-10/h16H,1-7H2,(H,13,17)(H,14,15). The molecule has 1 aromatic rings. The summed E-state index contributed by atoms with van der Waals surface area (Å²) in [5, 5.41) is 19.1. The Morgan fingerprint density at radius 2 is 2.29 bits per heavy atom. The van der Waals surface area contributed by atoms with Crippen LogP contribution in [-0.4, -0.2) is 34.4 Å². The molecule has 1 heterocycles. The summed E-state index contributed by atoms with van der Waals surface area (Å²) in [5.41, 5.74) is 2.69. The average molecular weight is 235 g/mol. The Labute approximate surface area is 99.6 Å². The summed E-state index contributed by atoms with van der Waals surface area (Å²) >= 11 is 0. The topological polar surface area (TPSA) is 78.0 Å². The van der Waals surface area contributed by atoms with Crippen LogP contribution < -0.4 is 5.32 Å². The van der Waals surface area contributed by atoms with E-state index < -0.39 is 0 Å². The van der Waals surface area contributed by atoms with Crippen molar-refractivity contribution in [1.82, 2.24) is 15.5 Å². The molecule has 0 aromatic carbocycles. The fraction of sp³-hybridized carbons (Fsp3) is 0.667. The van der Waals surface area contributed by atoms with Crippen molar-refractivity contribution < 1.29 is 9.90 Å². The van der Waals surface area contributed by atoms with Crippen LogP contribution in [0.2, 0.25) is 0 Å². The van der Waals surface area contributed by atoms with E-state index in [2.05, 4.69) is 15.5 Å². The third kappa shape index (κ3) is 1.84. The fourth-order valence-corrected chi connectivity index (χ4v) is 2.43. The molecule has 3 N–H and O–H groups in total. The zero-order valence-electron chi connectivity index (χ0n) is 9.75. The van der Waals surface area contributed by atoms with Crippen molar-refractivity contribution in [3.8, 4) is 0 Å². The van der Waals surface area contributed by atoms with E-state index in [1.807, 2.05) is 0 Å². The van der Waals surface area contributed by atoms with Gasteiger partial charge in [-0.2, -0.15) is 5.10 Å². The number of aliphatic hydroxyl groups is 1. The van der Waals surface area contributed by atoms with Crippen molar-refractivity contribution in [2.45, 2.75) is 32.1 Å². The second-order valence-corrected chi connectivity index (χ2v) is 5.22. The molecule has 1 saturated carbocycles. The summed E-state index contributed by atoms with van der Waals surface area (Å²) < 4.78 is 0. The van der Waals surface area contributed by atoms with Gasteiger partial charge in [-0.05, 0) is 32.1 Å². The molecule has 1 fully saturated rings. The lowest BCUT2D eigenvalue weighted by atomic mass is 10.1.